The molecular weight excluding hydrogens is 300 g/mol. The lowest BCUT2D eigenvalue weighted by molar-refractivity contribution is -0.147. The van der Waals surface area contributed by atoms with Gasteiger partial charge in [-0.1, -0.05) is 0 Å². The highest BCUT2D eigenvalue weighted by atomic mass is 16.5. The lowest BCUT2D eigenvalue weighted by Gasteiger charge is -2.37. The van der Waals surface area contributed by atoms with Gasteiger partial charge in [-0.05, 0) is 25.2 Å². The Morgan fingerprint density at radius 2 is 2.00 bits per heavy atom. The largest absolute Gasteiger partial charge is 0.497 e. The van der Waals surface area contributed by atoms with Crippen LogP contribution in [0, 0.1) is 0 Å². The highest BCUT2D eigenvalue weighted by molar-refractivity contribution is 5.81. The van der Waals surface area contributed by atoms with E-state index in [4.69, 9.17) is 9.47 Å². The molecule has 2 rings (SSSR count). The summed E-state index contributed by atoms with van der Waals surface area (Å²) >= 11 is 0. The van der Waals surface area contributed by atoms with E-state index < -0.39 is 12.0 Å². The zero-order valence-corrected chi connectivity index (χ0v) is 13.6. The molecule has 7 heteroatoms. The summed E-state index contributed by atoms with van der Waals surface area (Å²) in [7, 11) is 4.86. The van der Waals surface area contributed by atoms with Crippen molar-refractivity contribution in [2.45, 2.75) is 12.5 Å². The minimum Gasteiger partial charge on any atom is -0.497 e. The molecule has 0 saturated carbocycles. The lowest BCUT2D eigenvalue weighted by Crippen LogP contribution is -2.56. The van der Waals surface area contributed by atoms with E-state index in [0.29, 0.717) is 24.6 Å². The van der Waals surface area contributed by atoms with Gasteiger partial charge in [-0.3, -0.25) is 14.5 Å². The second kappa shape index (κ2) is 7.32. The number of carboxylic acid groups (broad SMARTS) is 1. The van der Waals surface area contributed by atoms with Crippen LogP contribution >= 0.6 is 0 Å². The van der Waals surface area contributed by atoms with E-state index in [1.807, 2.05) is 0 Å². The van der Waals surface area contributed by atoms with Crippen molar-refractivity contribution in [3.05, 3.63) is 23.8 Å². The third-order valence-corrected chi connectivity index (χ3v) is 4.12. The van der Waals surface area contributed by atoms with Crippen LogP contribution < -0.4 is 9.47 Å². The summed E-state index contributed by atoms with van der Waals surface area (Å²) < 4.78 is 10.5. The van der Waals surface area contributed by atoms with Gasteiger partial charge in [0, 0.05) is 25.2 Å². The first kappa shape index (κ1) is 17.1. The van der Waals surface area contributed by atoms with Gasteiger partial charge < -0.3 is 19.5 Å². The van der Waals surface area contributed by atoms with Crippen LogP contribution in [0.4, 0.5) is 0 Å². The van der Waals surface area contributed by atoms with Gasteiger partial charge >= 0.3 is 5.97 Å². The summed E-state index contributed by atoms with van der Waals surface area (Å²) in [5, 5.41) is 9.23. The van der Waals surface area contributed by atoms with Gasteiger partial charge in [0.2, 0.25) is 5.91 Å². The van der Waals surface area contributed by atoms with Crippen LogP contribution in [0.5, 0.6) is 11.5 Å². The zero-order chi connectivity index (χ0) is 17.0. The van der Waals surface area contributed by atoms with E-state index >= 15 is 0 Å². The van der Waals surface area contributed by atoms with Crippen LogP contribution in [-0.4, -0.2) is 73.7 Å². The topological polar surface area (TPSA) is 79.3 Å². The molecule has 126 valence electrons. The molecule has 1 amide bonds. The van der Waals surface area contributed by atoms with Crippen molar-refractivity contribution in [3.63, 3.8) is 0 Å². The maximum Gasteiger partial charge on any atom is 0.322 e. The molecule has 1 saturated heterocycles. The molecule has 0 bridgehead atoms. The quantitative estimate of drug-likeness (QED) is 0.849. The summed E-state index contributed by atoms with van der Waals surface area (Å²) in [6.07, 6.45) is 0.149. The first-order chi connectivity index (χ1) is 11.0. The van der Waals surface area contributed by atoms with Crippen molar-refractivity contribution in [3.8, 4) is 11.5 Å². The highest BCUT2D eigenvalue weighted by Gasteiger charge is 2.32. The average Bonchev–Trinajstić information content (AvgIpc) is 2.54. The molecule has 1 N–H and O–H groups in total. The monoisotopic (exact) mass is 322 g/mol. The summed E-state index contributed by atoms with van der Waals surface area (Å²) in [5.74, 6) is 0.235. The maximum atomic E-state index is 12.5. The molecule has 0 spiro atoms. The number of methoxy groups -OCH3 is 2. The van der Waals surface area contributed by atoms with Gasteiger partial charge in [0.25, 0.3) is 0 Å². The van der Waals surface area contributed by atoms with Crippen LogP contribution in [0.15, 0.2) is 18.2 Å². The zero-order valence-electron chi connectivity index (χ0n) is 13.6. The Hall–Kier alpha value is -2.28. The predicted molar refractivity (Wildman–Crippen MR) is 83.9 cm³/mol. The Kier molecular flexibility index (Phi) is 5.44. The predicted octanol–water partition coefficient (Wildman–Crippen LogP) is 0.474. The van der Waals surface area contributed by atoms with E-state index in [9.17, 15) is 14.7 Å². The van der Waals surface area contributed by atoms with Crippen LogP contribution in [0.2, 0.25) is 0 Å². The van der Waals surface area contributed by atoms with Gasteiger partial charge in [0.15, 0.2) is 0 Å². The normalized spacial score (nSPS) is 18.6. The minimum absolute atomic E-state index is 0.115. The second-order valence-corrected chi connectivity index (χ2v) is 5.53. The SMILES string of the molecule is COc1ccc(OC)c(CC(=O)N2CCN(C)[C@H](C(=O)O)C2)c1. The van der Waals surface area contributed by atoms with Crippen molar-refractivity contribution in [1.82, 2.24) is 9.80 Å². The number of benzene rings is 1. The third kappa shape index (κ3) is 3.92. The number of piperazine rings is 1. The number of rotatable bonds is 5. The smallest absolute Gasteiger partial charge is 0.322 e. The first-order valence-electron chi connectivity index (χ1n) is 7.38. The summed E-state index contributed by atoms with van der Waals surface area (Å²) in [4.78, 5) is 27.1. The first-order valence-corrected chi connectivity index (χ1v) is 7.38. The average molecular weight is 322 g/mol. The maximum absolute atomic E-state index is 12.5. The highest BCUT2D eigenvalue weighted by Crippen LogP contribution is 2.25. The molecule has 1 aromatic carbocycles. The number of aliphatic carboxylic acids is 1. The Labute approximate surface area is 135 Å². The molecule has 1 fully saturated rings. The number of likely N-dealkylation sites (N-methyl/N-ethyl adjacent to an activating group) is 1. The molecular formula is C16H22N2O5. The molecule has 1 aliphatic heterocycles. The van der Waals surface area contributed by atoms with E-state index in [2.05, 4.69) is 0 Å². The molecule has 1 atom stereocenters. The van der Waals surface area contributed by atoms with Crippen molar-refractivity contribution >= 4 is 11.9 Å². The van der Waals surface area contributed by atoms with Gasteiger partial charge in [0.1, 0.15) is 17.5 Å². The van der Waals surface area contributed by atoms with Crippen LogP contribution in [0.25, 0.3) is 0 Å². The van der Waals surface area contributed by atoms with Gasteiger partial charge in [-0.25, -0.2) is 0 Å². The summed E-state index contributed by atoms with van der Waals surface area (Å²) in [6, 6.07) is 4.62. The van der Waals surface area contributed by atoms with Gasteiger partial charge in [0.05, 0.1) is 20.6 Å². The van der Waals surface area contributed by atoms with Crippen LogP contribution in [0.1, 0.15) is 5.56 Å². The minimum atomic E-state index is -0.913. The molecule has 1 aliphatic rings. The van der Waals surface area contributed by atoms with Gasteiger partial charge in [-0.15, -0.1) is 0 Å². The standard InChI is InChI=1S/C16H22N2O5/c1-17-6-7-18(10-13(17)16(20)21)15(19)9-11-8-12(22-2)4-5-14(11)23-3/h4-5,8,13H,6-7,9-10H2,1-3H3,(H,20,21)/t13-/m0/s1. The number of hydrogen-bond donors (Lipinski definition) is 1. The third-order valence-electron chi connectivity index (χ3n) is 4.12. The summed E-state index contributed by atoms with van der Waals surface area (Å²) in [6.45, 7) is 1.25. The Morgan fingerprint density at radius 3 is 2.61 bits per heavy atom. The number of amides is 1. The van der Waals surface area contributed by atoms with Crippen LogP contribution in [-0.2, 0) is 16.0 Å². The van der Waals surface area contributed by atoms with E-state index in [1.165, 1.54) is 0 Å². The Bertz CT molecular complexity index is 590. The number of carboxylic acids is 1. The Morgan fingerprint density at radius 1 is 1.26 bits per heavy atom. The molecule has 0 unspecified atom stereocenters. The molecule has 0 aliphatic carbocycles. The Balaban J connectivity index is 2.11. The summed E-state index contributed by atoms with van der Waals surface area (Å²) in [5.41, 5.74) is 0.725. The molecule has 7 nitrogen and oxygen atoms in total. The fraction of sp³-hybridized carbons (Fsp3) is 0.500. The van der Waals surface area contributed by atoms with E-state index in [0.717, 1.165) is 5.56 Å². The van der Waals surface area contributed by atoms with E-state index in [1.54, 1.807) is 49.3 Å². The van der Waals surface area contributed by atoms with Crippen molar-refractivity contribution in [2.24, 2.45) is 0 Å². The van der Waals surface area contributed by atoms with Crippen molar-refractivity contribution in [1.29, 1.82) is 0 Å². The molecule has 1 aromatic rings. The molecule has 0 aromatic heterocycles. The number of carbonyl (C=O) groups is 2. The second-order valence-electron chi connectivity index (χ2n) is 5.53. The van der Waals surface area contributed by atoms with Crippen molar-refractivity contribution < 1.29 is 24.2 Å². The molecule has 23 heavy (non-hydrogen) atoms. The van der Waals surface area contributed by atoms with Crippen molar-refractivity contribution in [2.75, 3.05) is 40.9 Å². The lowest BCUT2D eigenvalue weighted by atomic mass is 10.1. The molecule has 0 radical (unpaired) electrons. The fourth-order valence-electron chi connectivity index (χ4n) is 2.66. The number of hydrogen-bond acceptors (Lipinski definition) is 5. The van der Waals surface area contributed by atoms with E-state index in [-0.39, 0.29) is 18.9 Å². The van der Waals surface area contributed by atoms with Gasteiger partial charge in [-0.2, -0.15) is 0 Å². The molecule has 1 heterocycles. The fourth-order valence-corrected chi connectivity index (χ4v) is 2.66. The van der Waals surface area contributed by atoms with Crippen LogP contribution in [0.3, 0.4) is 0 Å². The number of nitrogens with zero attached hydrogens (tertiary/aromatic N) is 2. The number of ether oxygens (including phenoxy) is 2. The number of carbonyl (C=O) groups excluding carboxylic acids is 1.